The first kappa shape index (κ1) is 24.5. The van der Waals surface area contributed by atoms with Crippen LogP contribution in [0.15, 0.2) is 11.6 Å². The van der Waals surface area contributed by atoms with E-state index in [2.05, 4.69) is 25.2 Å². The van der Waals surface area contributed by atoms with E-state index in [1.54, 1.807) is 7.11 Å². The number of carbonyl (C=O) groups is 1. The zero-order valence-corrected chi connectivity index (χ0v) is 19.8. The predicted octanol–water partition coefficient (Wildman–Crippen LogP) is 3.32. The van der Waals surface area contributed by atoms with Gasteiger partial charge < -0.3 is 29.7 Å². The SMILES string of the molecule is COC1C(OC(=O)NC2(CO)CCCC2)CC[C@]2(CO2)C1[C@](C)(O)[C@H](C)CC=C(C)C. The van der Waals surface area contributed by atoms with Crippen LogP contribution in [0.4, 0.5) is 4.79 Å². The third-order valence-electron chi connectivity index (χ3n) is 7.90. The molecule has 3 N–H and O–H groups in total. The molecule has 6 atom stereocenters. The number of carbonyl (C=O) groups excluding carboxylic acids is 1. The van der Waals surface area contributed by atoms with Crippen LogP contribution in [-0.4, -0.2) is 65.6 Å². The van der Waals surface area contributed by atoms with Crippen molar-refractivity contribution in [1.82, 2.24) is 5.32 Å². The molecule has 0 bridgehead atoms. The van der Waals surface area contributed by atoms with Crippen LogP contribution in [0.5, 0.6) is 0 Å². The van der Waals surface area contributed by atoms with Crippen molar-refractivity contribution in [2.24, 2.45) is 11.8 Å². The number of rotatable bonds is 8. The van der Waals surface area contributed by atoms with Crippen molar-refractivity contribution in [2.75, 3.05) is 20.3 Å². The van der Waals surface area contributed by atoms with Crippen LogP contribution >= 0.6 is 0 Å². The molecule has 3 fully saturated rings. The number of ether oxygens (including phenoxy) is 3. The summed E-state index contributed by atoms with van der Waals surface area (Å²) in [4.78, 5) is 12.7. The number of aliphatic hydroxyl groups excluding tert-OH is 1. The Morgan fingerprint density at radius 2 is 1.97 bits per heavy atom. The number of amides is 1. The van der Waals surface area contributed by atoms with Gasteiger partial charge in [0.15, 0.2) is 0 Å². The van der Waals surface area contributed by atoms with Crippen molar-refractivity contribution in [3.63, 3.8) is 0 Å². The van der Waals surface area contributed by atoms with Crippen molar-refractivity contribution in [2.45, 2.75) is 102 Å². The Balaban J connectivity index is 1.75. The third-order valence-corrected chi connectivity index (χ3v) is 7.90. The summed E-state index contributed by atoms with van der Waals surface area (Å²) in [5.41, 5.74) is -0.842. The molecule has 3 aliphatic rings. The molecular weight excluding hydrogens is 398 g/mol. The Bertz CT molecular complexity index is 661. The molecule has 0 radical (unpaired) electrons. The van der Waals surface area contributed by atoms with Gasteiger partial charge in [0.2, 0.25) is 0 Å². The summed E-state index contributed by atoms with van der Waals surface area (Å²) in [5, 5.41) is 24.4. The molecule has 0 aromatic heterocycles. The molecule has 1 amide bonds. The van der Waals surface area contributed by atoms with E-state index in [1.165, 1.54) is 5.57 Å². The van der Waals surface area contributed by atoms with E-state index in [0.29, 0.717) is 19.4 Å². The number of epoxide rings is 1. The topological polar surface area (TPSA) is 101 Å². The van der Waals surface area contributed by atoms with Crippen LogP contribution < -0.4 is 5.32 Å². The Hall–Kier alpha value is -1.15. The van der Waals surface area contributed by atoms with Crippen LogP contribution in [0, 0.1) is 11.8 Å². The van der Waals surface area contributed by atoms with Gasteiger partial charge in [0.05, 0.1) is 30.0 Å². The number of alkyl carbamates (subject to hydrolysis) is 1. The number of allylic oxidation sites excluding steroid dienone is 2. The molecule has 7 heteroatoms. The predicted molar refractivity (Wildman–Crippen MR) is 118 cm³/mol. The Labute approximate surface area is 186 Å². The largest absolute Gasteiger partial charge is 0.443 e. The number of nitrogens with one attached hydrogen (secondary N) is 1. The van der Waals surface area contributed by atoms with Gasteiger partial charge in [-0.1, -0.05) is 31.4 Å². The van der Waals surface area contributed by atoms with Gasteiger partial charge in [-0.15, -0.1) is 0 Å². The smallest absolute Gasteiger partial charge is 0.408 e. The monoisotopic (exact) mass is 439 g/mol. The van der Waals surface area contributed by atoms with Gasteiger partial charge in [-0.3, -0.25) is 0 Å². The number of aliphatic hydroxyl groups is 2. The third kappa shape index (κ3) is 5.10. The zero-order chi connectivity index (χ0) is 22.9. The van der Waals surface area contributed by atoms with Crippen molar-refractivity contribution in [1.29, 1.82) is 0 Å². The molecule has 7 nitrogen and oxygen atoms in total. The summed E-state index contributed by atoms with van der Waals surface area (Å²) in [6, 6.07) is 0. The van der Waals surface area contributed by atoms with Gasteiger partial charge in [-0.2, -0.15) is 0 Å². The zero-order valence-electron chi connectivity index (χ0n) is 19.8. The lowest BCUT2D eigenvalue weighted by atomic mass is 9.63. The maximum absolute atomic E-state index is 12.7. The number of hydrogen-bond acceptors (Lipinski definition) is 6. The van der Waals surface area contributed by atoms with Gasteiger partial charge >= 0.3 is 6.09 Å². The molecule has 1 spiro atoms. The molecule has 0 aromatic carbocycles. The molecule has 1 saturated heterocycles. The summed E-state index contributed by atoms with van der Waals surface area (Å²) in [5.74, 6) is -0.328. The number of methoxy groups -OCH3 is 1. The lowest BCUT2D eigenvalue weighted by molar-refractivity contribution is -0.178. The lowest BCUT2D eigenvalue weighted by Gasteiger charge is -2.49. The van der Waals surface area contributed by atoms with Crippen molar-refractivity contribution in [3.05, 3.63) is 11.6 Å². The molecule has 2 aliphatic carbocycles. The molecule has 0 aromatic rings. The number of hydrogen-bond donors (Lipinski definition) is 3. The summed E-state index contributed by atoms with van der Waals surface area (Å²) < 4.78 is 17.6. The standard InChI is InChI=1S/C24H41NO6/c1-16(2)8-9-17(3)22(4,28)20-19(29-5)18(10-13-24(20)15-30-24)31-21(27)25-23(14-26)11-6-7-12-23/h8,17-20,26,28H,6-7,9-15H2,1-5H3,(H,25,27)/t17-,18?,19?,20?,22-,24+/m1/s1. The average Bonchev–Trinajstić information content (AvgIpc) is 3.33. The quantitative estimate of drug-likeness (QED) is 0.396. The van der Waals surface area contributed by atoms with Crippen LogP contribution in [0.25, 0.3) is 0 Å². The van der Waals surface area contributed by atoms with Crippen molar-refractivity contribution < 1.29 is 29.2 Å². The van der Waals surface area contributed by atoms with Gasteiger partial charge in [-0.05, 0) is 58.8 Å². The van der Waals surface area contributed by atoms with E-state index in [4.69, 9.17) is 14.2 Å². The van der Waals surface area contributed by atoms with Crippen LogP contribution in [-0.2, 0) is 14.2 Å². The van der Waals surface area contributed by atoms with Crippen molar-refractivity contribution >= 4 is 6.09 Å². The highest BCUT2D eigenvalue weighted by atomic mass is 16.6. The molecule has 1 aliphatic heterocycles. The highest BCUT2D eigenvalue weighted by molar-refractivity contribution is 5.68. The van der Waals surface area contributed by atoms with Gasteiger partial charge in [0.1, 0.15) is 12.2 Å². The van der Waals surface area contributed by atoms with Crippen LogP contribution in [0.3, 0.4) is 0 Å². The first-order chi connectivity index (χ1) is 14.6. The Morgan fingerprint density at radius 3 is 2.48 bits per heavy atom. The van der Waals surface area contributed by atoms with E-state index < -0.39 is 35.0 Å². The minimum Gasteiger partial charge on any atom is -0.443 e. The molecular formula is C24H41NO6. The minimum atomic E-state index is -1.06. The molecule has 178 valence electrons. The minimum absolute atomic E-state index is 0.0187. The molecule has 1 heterocycles. The molecule has 31 heavy (non-hydrogen) atoms. The second kappa shape index (κ2) is 9.38. The summed E-state index contributed by atoms with van der Waals surface area (Å²) >= 11 is 0. The van der Waals surface area contributed by atoms with Gasteiger partial charge in [0, 0.05) is 13.0 Å². The van der Waals surface area contributed by atoms with Crippen LogP contribution in [0.1, 0.15) is 72.6 Å². The Morgan fingerprint density at radius 1 is 1.32 bits per heavy atom. The van der Waals surface area contributed by atoms with E-state index in [1.807, 2.05) is 13.8 Å². The first-order valence-corrected chi connectivity index (χ1v) is 11.7. The fraction of sp³-hybridized carbons (Fsp3) is 0.875. The van der Waals surface area contributed by atoms with Gasteiger partial charge in [0.25, 0.3) is 0 Å². The molecule has 2 saturated carbocycles. The molecule has 3 unspecified atom stereocenters. The average molecular weight is 440 g/mol. The fourth-order valence-corrected chi connectivity index (χ4v) is 5.63. The highest BCUT2D eigenvalue weighted by Gasteiger charge is 2.65. The maximum Gasteiger partial charge on any atom is 0.408 e. The first-order valence-electron chi connectivity index (χ1n) is 11.7. The fourth-order valence-electron chi connectivity index (χ4n) is 5.63. The van der Waals surface area contributed by atoms with E-state index in [-0.39, 0.29) is 18.4 Å². The van der Waals surface area contributed by atoms with Crippen LogP contribution in [0.2, 0.25) is 0 Å². The van der Waals surface area contributed by atoms with Gasteiger partial charge in [-0.25, -0.2) is 4.79 Å². The lowest BCUT2D eigenvalue weighted by Crippen LogP contribution is -2.61. The Kier molecular flexibility index (Phi) is 7.41. The van der Waals surface area contributed by atoms with E-state index in [9.17, 15) is 15.0 Å². The normalized spacial score (nSPS) is 34.6. The van der Waals surface area contributed by atoms with E-state index >= 15 is 0 Å². The van der Waals surface area contributed by atoms with E-state index in [0.717, 1.165) is 32.1 Å². The summed E-state index contributed by atoms with van der Waals surface area (Å²) in [6.07, 6.45) is 6.23. The highest BCUT2D eigenvalue weighted by Crippen LogP contribution is 2.54. The second-order valence-corrected chi connectivity index (χ2v) is 10.4. The summed E-state index contributed by atoms with van der Waals surface area (Å²) in [6.45, 7) is 8.52. The molecule has 3 rings (SSSR count). The van der Waals surface area contributed by atoms with Crippen molar-refractivity contribution in [3.8, 4) is 0 Å². The summed E-state index contributed by atoms with van der Waals surface area (Å²) in [7, 11) is 1.61. The second-order valence-electron chi connectivity index (χ2n) is 10.4. The maximum atomic E-state index is 12.7.